The molecule has 0 aromatic heterocycles. The molecule has 76 valence electrons. The Kier molecular flexibility index (Phi) is 3.96. The van der Waals surface area contributed by atoms with Crippen LogP contribution in [0.3, 0.4) is 0 Å². The van der Waals surface area contributed by atoms with Crippen molar-refractivity contribution in [3.63, 3.8) is 0 Å². The topological polar surface area (TPSA) is 43.1 Å². The lowest BCUT2D eigenvalue weighted by atomic mass is 10.0. The summed E-state index contributed by atoms with van der Waals surface area (Å²) in [4.78, 5) is 11.5. The van der Waals surface area contributed by atoms with Gasteiger partial charge in [0.05, 0.1) is 5.38 Å². The largest absolute Gasteiger partial charge is 0.398 e. The second kappa shape index (κ2) is 4.80. The summed E-state index contributed by atoms with van der Waals surface area (Å²) in [5.74, 6) is -0.134. The van der Waals surface area contributed by atoms with E-state index >= 15 is 0 Å². The highest BCUT2D eigenvalue weighted by atomic mass is 79.9. The van der Waals surface area contributed by atoms with Gasteiger partial charge in [0.25, 0.3) is 0 Å². The highest BCUT2D eigenvalue weighted by molar-refractivity contribution is 9.08. The Morgan fingerprint density at radius 1 is 1.64 bits per heavy atom. The zero-order valence-electron chi connectivity index (χ0n) is 7.76. The average Bonchev–Trinajstić information content (AvgIpc) is 2.16. The van der Waals surface area contributed by atoms with Crippen molar-refractivity contribution in [2.45, 2.75) is 17.6 Å². The second-order valence-corrected chi connectivity index (χ2v) is 4.25. The number of carbonyl (C=O) groups is 1. The number of anilines is 1. The number of halogens is 2. The molecule has 0 aliphatic carbocycles. The van der Waals surface area contributed by atoms with Gasteiger partial charge in [-0.25, -0.2) is 0 Å². The molecule has 1 aromatic carbocycles. The molecule has 1 rings (SSSR count). The van der Waals surface area contributed by atoms with Crippen molar-refractivity contribution in [1.82, 2.24) is 0 Å². The molecule has 1 atom stereocenters. The molecule has 0 heterocycles. The molecular weight excluding hydrogens is 265 g/mol. The van der Waals surface area contributed by atoms with E-state index in [1.54, 1.807) is 19.1 Å². The Hall–Kier alpha value is -0.540. The molecule has 1 unspecified atom stereocenters. The van der Waals surface area contributed by atoms with Crippen LogP contribution in [0.25, 0.3) is 0 Å². The van der Waals surface area contributed by atoms with Crippen molar-refractivity contribution in [2.24, 2.45) is 0 Å². The van der Waals surface area contributed by atoms with E-state index in [0.29, 0.717) is 11.3 Å². The number of benzene rings is 1. The van der Waals surface area contributed by atoms with Gasteiger partial charge in [-0.2, -0.15) is 0 Å². The van der Waals surface area contributed by atoms with Gasteiger partial charge in [0, 0.05) is 16.6 Å². The van der Waals surface area contributed by atoms with Crippen LogP contribution in [0.5, 0.6) is 0 Å². The SMILES string of the molecule is CC(Cl)C(=O)c1ccc(CBr)cc1N. The van der Waals surface area contributed by atoms with E-state index in [2.05, 4.69) is 15.9 Å². The second-order valence-electron chi connectivity index (χ2n) is 3.04. The summed E-state index contributed by atoms with van der Waals surface area (Å²) in [6.45, 7) is 1.64. The zero-order valence-corrected chi connectivity index (χ0v) is 10.1. The molecule has 0 saturated carbocycles. The number of carbonyl (C=O) groups excluding carboxylic acids is 1. The normalized spacial score (nSPS) is 12.5. The minimum absolute atomic E-state index is 0.134. The van der Waals surface area contributed by atoms with Crippen LogP contribution < -0.4 is 5.73 Å². The maximum Gasteiger partial charge on any atom is 0.182 e. The van der Waals surface area contributed by atoms with Gasteiger partial charge in [-0.3, -0.25) is 4.79 Å². The minimum atomic E-state index is -0.535. The number of alkyl halides is 2. The summed E-state index contributed by atoms with van der Waals surface area (Å²) in [5.41, 5.74) is 7.76. The van der Waals surface area contributed by atoms with Crippen LogP contribution in [0.15, 0.2) is 18.2 Å². The summed E-state index contributed by atoms with van der Waals surface area (Å²) < 4.78 is 0. The summed E-state index contributed by atoms with van der Waals surface area (Å²) in [7, 11) is 0. The fourth-order valence-electron chi connectivity index (χ4n) is 1.13. The van der Waals surface area contributed by atoms with Gasteiger partial charge < -0.3 is 5.73 Å². The molecule has 0 aliphatic heterocycles. The van der Waals surface area contributed by atoms with Crippen molar-refractivity contribution >= 4 is 39.0 Å². The van der Waals surface area contributed by atoms with Crippen LogP contribution in [-0.4, -0.2) is 11.2 Å². The van der Waals surface area contributed by atoms with Crippen molar-refractivity contribution < 1.29 is 4.79 Å². The van der Waals surface area contributed by atoms with E-state index in [1.165, 1.54) is 0 Å². The Balaban J connectivity index is 3.06. The molecule has 0 amide bonds. The first-order valence-corrected chi connectivity index (χ1v) is 5.74. The summed E-state index contributed by atoms with van der Waals surface area (Å²) in [6.07, 6.45) is 0. The van der Waals surface area contributed by atoms with Gasteiger partial charge in [0.15, 0.2) is 5.78 Å². The van der Waals surface area contributed by atoms with Gasteiger partial charge in [-0.1, -0.05) is 22.0 Å². The number of Topliss-reactive ketones (excluding diaryl/α,β-unsaturated/α-hetero) is 1. The third-order valence-corrected chi connectivity index (χ3v) is 2.74. The first kappa shape index (κ1) is 11.5. The highest BCUT2D eigenvalue weighted by Gasteiger charge is 2.14. The number of hydrogen-bond donors (Lipinski definition) is 1. The molecule has 0 aliphatic rings. The van der Waals surface area contributed by atoms with E-state index in [-0.39, 0.29) is 5.78 Å². The Morgan fingerprint density at radius 3 is 2.71 bits per heavy atom. The number of ketones is 1. The quantitative estimate of drug-likeness (QED) is 0.524. The molecule has 2 N–H and O–H groups in total. The molecule has 1 aromatic rings. The van der Waals surface area contributed by atoms with Gasteiger partial charge in [-0.05, 0) is 24.6 Å². The standard InChI is InChI=1S/C10H11BrClNO/c1-6(12)10(14)8-3-2-7(5-11)4-9(8)13/h2-4,6H,5,13H2,1H3. The minimum Gasteiger partial charge on any atom is -0.398 e. The maximum atomic E-state index is 11.5. The molecule has 2 nitrogen and oxygen atoms in total. The van der Waals surface area contributed by atoms with Crippen LogP contribution in [0, 0.1) is 0 Å². The predicted octanol–water partition coefficient (Wildman–Crippen LogP) is 2.97. The highest BCUT2D eigenvalue weighted by Crippen LogP contribution is 2.19. The lowest BCUT2D eigenvalue weighted by Gasteiger charge is -2.07. The van der Waals surface area contributed by atoms with Crippen LogP contribution in [0.1, 0.15) is 22.8 Å². The van der Waals surface area contributed by atoms with E-state index in [0.717, 1.165) is 10.9 Å². The molecule has 0 radical (unpaired) electrons. The van der Waals surface area contributed by atoms with Crippen LogP contribution in [-0.2, 0) is 5.33 Å². The van der Waals surface area contributed by atoms with Gasteiger partial charge in [-0.15, -0.1) is 11.6 Å². The number of hydrogen-bond acceptors (Lipinski definition) is 2. The third kappa shape index (κ3) is 2.49. The zero-order chi connectivity index (χ0) is 10.7. The summed E-state index contributed by atoms with van der Waals surface area (Å²) in [6, 6.07) is 5.35. The van der Waals surface area contributed by atoms with Crippen LogP contribution in [0.4, 0.5) is 5.69 Å². The summed E-state index contributed by atoms with van der Waals surface area (Å²) >= 11 is 9.01. The fraction of sp³-hybridized carbons (Fsp3) is 0.300. The lowest BCUT2D eigenvalue weighted by molar-refractivity contribution is 0.0992. The van der Waals surface area contributed by atoms with Gasteiger partial charge in [0.1, 0.15) is 0 Å². The first-order valence-electron chi connectivity index (χ1n) is 4.19. The molecule has 14 heavy (non-hydrogen) atoms. The predicted molar refractivity (Wildman–Crippen MR) is 63.1 cm³/mol. The maximum absolute atomic E-state index is 11.5. The number of nitrogens with two attached hydrogens (primary N) is 1. The van der Waals surface area contributed by atoms with Gasteiger partial charge in [0.2, 0.25) is 0 Å². The number of nitrogen functional groups attached to an aromatic ring is 1. The molecule has 0 spiro atoms. The fourth-order valence-corrected chi connectivity index (χ4v) is 1.60. The van der Waals surface area contributed by atoms with E-state index < -0.39 is 5.38 Å². The van der Waals surface area contributed by atoms with Crippen molar-refractivity contribution in [3.05, 3.63) is 29.3 Å². The first-order chi connectivity index (χ1) is 6.56. The summed E-state index contributed by atoms with van der Waals surface area (Å²) in [5, 5.41) is 0.189. The molecule has 4 heteroatoms. The van der Waals surface area contributed by atoms with Crippen LogP contribution >= 0.6 is 27.5 Å². The van der Waals surface area contributed by atoms with E-state index in [9.17, 15) is 4.79 Å². The monoisotopic (exact) mass is 275 g/mol. The Morgan fingerprint density at radius 2 is 2.29 bits per heavy atom. The smallest absolute Gasteiger partial charge is 0.182 e. The van der Waals surface area contributed by atoms with Crippen LogP contribution in [0.2, 0.25) is 0 Å². The molecule has 0 saturated heterocycles. The number of rotatable bonds is 3. The molecular formula is C10H11BrClNO. The van der Waals surface area contributed by atoms with Crippen molar-refractivity contribution in [1.29, 1.82) is 0 Å². The average molecular weight is 277 g/mol. The van der Waals surface area contributed by atoms with Crippen molar-refractivity contribution in [3.8, 4) is 0 Å². The van der Waals surface area contributed by atoms with E-state index in [1.807, 2.05) is 6.07 Å². The third-order valence-electron chi connectivity index (χ3n) is 1.90. The Bertz CT molecular complexity index is 352. The molecule has 0 bridgehead atoms. The van der Waals surface area contributed by atoms with Gasteiger partial charge >= 0.3 is 0 Å². The lowest BCUT2D eigenvalue weighted by Crippen LogP contribution is -2.12. The van der Waals surface area contributed by atoms with Crippen molar-refractivity contribution in [2.75, 3.05) is 5.73 Å². The molecule has 0 fully saturated rings. The van der Waals surface area contributed by atoms with E-state index in [4.69, 9.17) is 17.3 Å². The Labute approximate surface area is 96.6 Å².